The van der Waals surface area contributed by atoms with Gasteiger partial charge >= 0.3 is 17.9 Å². The van der Waals surface area contributed by atoms with Gasteiger partial charge in [-0.15, -0.1) is 0 Å². The molecule has 0 rings (SSSR count). The lowest BCUT2D eigenvalue weighted by Crippen LogP contribution is -2.30. The van der Waals surface area contributed by atoms with E-state index < -0.39 is 6.10 Å². The molecule has 0 saturated carbocycles. The molecule has 6 nitrogen and oxygen atoms in total. The predicted molar refractivity (Wildman–Crippen MR) is 243 cm³/mol. The van der Waals surface area contributed by atoms with Gasteiger partial charge in [0.1, 0.15) is 13.2 Å². The summed E-state index contributed by atoms with van der Waals surface area (Å²) in [6, 6.07) is 0. The first-order valence-electron chi connectivity index (χ1n) is 25.2. The van der Waals surface area contributed by atoms with Crippen LogP contribution >= 0.6 is 0 Å². The second-order valence-electron chi connectivity index (χ2n) is 18.4. The lowest BCUT2D eigenvalue weighted by molar-refractivity contribution is -0.167. The molecule has 0 aromatic heterocycles. The Morgan fingerprint density at radius 3 is 0.860 bits per heavy atom. The van der Waals surface area contributed by atoms with Gasteiger partial charge in [0.15, 0.2) is 6.10 Å². The van der Waals surface area contributed by atoms with Gasteiger partial charge in [0.25, 0.3) is 0 Å². The summed E-state index contributed by atoms with van der Waals surface area (Å²) in [7, 11) is 0. The van der Waals surface area contributed by atoms with Gasteiger partial charge in [-0.3, -0.25) is 14.4 Å². The van der Waals surface area contributed by atoms with Gasteiger partial charge in [-0.2, -0.15) is 0 Å². The Balaban J connectivity index is 4.29. The second kappa shape index (κ2) is 44.0. The third kappa shape index (κ3) is 45.3. The largest absolute Gasteiger partial charge is 0.462 e. The number of hydrogen-bond acceptors (Lipinski definition) is 6. The third-order valence-electron chi connectivity index (χ3n) is 11.5. The fraction of sp³-hybridized carbons (Fsp3) is 0.941. The molecule has 0 aliphatic carbocycles. The maximum absolute atomic E-state index is 12.7. The summed E-state index contributed by atoms with van der Waals surface area (Å²) in [6.45, 7) is 11.3. The summed E-state index contributed by atoms with van der Waals surface area (Å²) < 4.78 is 16.8. The fourth-order valence-corrected chi connectivity index (χ4v) is 7.64. The second-order valence-corrected chi connectivity index (χ2v) is 18.4. The Kier molecular flexibility index (Phi) is 42.7. The van der Waals surface area contributed by atoms with Gasteiger partial charge in [-0.05, 0) is 31.1 Å². The number of rotatable bonds is 45. The SMILES string of the molecule is CCCCCCCCCCCCCCCCCCC(=O)OC[C@H](COC(=O)CCCCCCCCCCC(C)C)OC(=O)CCCCCCCCCCCC(C)C. The van der Waals surface area contributed by atoms with Crippen molar-refractivity contribution < 1.29 is 28.6 Å². The maximum Gasteiger partial charge on any atom is 0.306 e. The molecule has 0 bridgehead atoms. The van der Waals surface area contributed by atoms with Crippen molar-refractivity contribution in [1.82, 2.24) is 0 Å². The molecule has 0 spiro atoms. The minimum atomic E-state index is -0.761. The minimum absolute atomic E-state index is 0.0644. The predicted octanol–water partition coefficient (Wildman–Crippen LogP) is 16.1. The molecule has 6 heteroatoms. The summed E-state index contributed by atoms with van der Waals surface area (Å²) >= 11 is 0. The summed E-state index contributed by atoms with van der Waals surface area (Å²) in [5.41, 5.74) is 0. The highest BCUT2D eigenvalue weighted by Gasteiger charge is 2.19. The van der Waals surface area contributed by atoms with Crippen molar-refractivity contribution >= 4 is 17.9 Å². The highest BCUT2D eigenvalue weighted by Crippen LogP contribution is 2.17. The van der Waals surface area contributed by atoms with Gasteiger partial charge in [0, 0.05) is 19.3 Å². The molecule has 0 fully saturated rings. The monoisotopic (exact) mass is 807 g/mol. The van der Waals surface area contributed by atoms with E-state index in [2.05, 4.69) is 34.6 Å². The number of ether oxygens (including phenoxy) is 3. The van der Waals surface area contributed by atoms with Crippen molar-refractivity contribution in [3.05, 3.63) is 0 Å². The zero-order valence-electron chi connectivity index (χ0n) is 39.0. The van der Waals surface area contributed by atoms with Crippen LogP contribution in [0.15, 0.2) is 0 Å². The Labute approximate surface area is 355 Å². The Morgan fingerprint density at radius 1 is 0.333 bits per heavy atom. The van der Waals surface area contributed by atoms with Crippen LogP contribution in [0.5, 0.6) is 0 Å². The van der Waals surface area contributed by atoms with Crippen molar-refractivity contribution in [2.24, 2.45) is 11.8 Å². The maximum atomic E-state index is 12.7. The lowest BCUT2D eigenvalue weighted by atomic mass is 10.0. The van der Waals surface area contributed by atoms with Gasteiger partial charge < -0.3 is 14.2 Å². The number of hydrogen-bond donors (Lipinski definition) is 0. The Hall–Kier alpha value is -1.59. The average molecular weight is 807 g/mol. The van der Waals surface area contributed by atoms with Crippen LogP contribution in [0.3, 0.4) is 0 Å². The molecule has 0 heterocycles. The van der Waals surface area contributed by atoms with Crippen molar-refractivity contribution in [2.75, 3.05) is 13.2 Å². The molecule has 0 aromatic carbocycles. The first-order chi connectivity index (χ1) is 27.7. The topological polar surface area (TPSA) is 78.9 Å². The van der Waals surface area contributed by atoms with Crippen LogP contribution < -0.4 is 0 Å². The van der Waals surface area contributed by atoms with Crippen LogP contribution in [0.2, 0.25) is 0 Å². The van der Waals surface area contributed by atoms with E-state index in [1.165, 1.54) is 167 Å². The van der Waals surface area contributed by atoms with E-state index in [-0.39, 0.29) is 31.1 Å². The minimum Gasteiger partial charge on any atom is -0.462 e. The van der Waals surface area contributed by atoms with Gasteiger partial charge in [-0.25, -0.2) is 0 Å². The van der Waals surface area contributed by atoms with Crippen LogP contribution in [0.25, 0.3) is 0 Å². The Morgan fingerprint density at radius 2 is 0.579 bits per heavy atom. The molecule has 0 aliphatic heterocycles. The molecule has 57 heavy (non-hydrogen) atoms. The van der Waals surface area contributed by atoms with E-state index in [0.29, 0.717) is 19.3 Å². The molecule has 0 amide bonds. The highest BCUT2D eigenvalue weighted by atomic mass is 16.6. The smallest absolute Gasteiger partial charge is 0.306 e. The molecule has 0 aliphatic rings. The normalized spacial score (nSPS) is 12.1. The summed E-state index contributed by atoms with van der Waals surface area (Å²) in [6.07, 6.45) is 43.8. The van der Waals surface area contributed by atoms with Crippen molar-refractivity contribution in [1.29, 1.82) is 0 Å². The van der Waals surface area contributed by atoms with Crippen LogP contribution in [0.4, 0.5) is 0 Å². The molecule has 0 radical (unpaired) electrons. The van der Waals surface area contributed by atoms with Crippen LogP contribution in [0.1, 0.15) is 279 Å². The number of esters is 3. The van der Waals surface area contributed by atoms with Gasteiger partial charge in [0.2, 0.25) is 0 Å². The van der Waals surface area contributed by atoms with Crippen molar-refractivity contribution in [3.8, 4) is 0 Å². The molecule has 1 atom stereocenters. The molecular formula is C51H98O6. The molecule has 0 aromatic rings. The fourth-order valence-electron chi connectivity index (χ4n) is 7.64. The van der Waals surface area contributed by atoms with E-state index in [1.807, 2.05) is 0 Å². The first kappa shape index (κ1) is 55.4. The lowest BCUT2D eigenvalue weighted by Gasteiger charge is -2.18. The molecular weight excluding hydrogens is 709 g/mol. The number of carbonyl (C=O) groups is 3. The van der Waals surface area contributed by atoms with E-state index in [0.717, 1.165) is 69.6 Å². The van der Waals surface area contributed by atoms with Crippen LogP contribution in [-0.2, 0) is 28.6 Å². The van der Waals surface area contributed by atoms with E-state index >= 15 is 0 Å². The average Bonchev–Trinajstić information content (AvgIpc) is 3.18. The van der Waals surface area contributed by atoms with E-state index in [4.69, 9.17) is 14.2 Å². The van der Waals surface area contributed by atoms with Gasteiger partial charge in [0.05, 0.1) is 0 Å². The van der Waals surface area contributed by atoms with Crippen molar-refractivity contribution in [3.63, 3.8) is 0 Å². The molecule has 0 saturated heterocycles. The quantitative estimate of drug-likeness (QED) is 0.0346. The molecule has 338 valence electrons. The number of unbranched alkanes of at least 4 members (excludes halogenated alkanes) is 30. The van der Waals surface area contributed by atoms with Crippen molar-refractivity contribution in [2.45, 2.75) is 285 Å². The summed E-state index contributed by atoms with van der Waals surface area (Å²) in [5.74, 6) is 0.749. The first-order valence-corrected chi connectivity index (χ1v) is 25.2. The standard InChI is InChI=1S/C51H98O6/c1-6-7-8-9-10-11-12-13-14-15-16-17-20-26-31-36-41-49(52)55-44-48(45-56-50(53)42-37-32-27-23-22-25-30-35-40-47(4)5)57-51(54)43-38-33-28-21-18-19-24-29-34-39-46(2)3/h46-48H,6-45H2,1-5H3/t48-/m1/s1. The van der Waals surface area contributed by atoms with E-state index in [1.54, 1.807) is 0 Å². The number of carbonyl (C=O) groups excluding carboxylic acids is 3. The zero-order chi connectivity index (χ0) is 41.9. The third-order valence-corrected chi connectivity index (χ3v) is 11.5. The van der Waals surface area contributed by atoms with Crippen LogP contribution in [-0.4, -0.2) is 37.2 Å². The summed E-state index contributed by atoms with van der Waals surface area (Å²) in [4.78, 5) is 37.9. The summed E-state index contributed by atoms with van der Waals surface area (Å²) in [5, 5.41) is 0. The highest BCUT2D eigenvalue weighted by molar-refractivity contribution is 5.71. The molecule has 0 unspecified atom stereocenters. The Bertz CT molecular complexity index is 870. The van der Waals surface area contributed by atoms with Crippen LogP contribution in [0, 0.1) is 11.8 Å². The molecule has 0 N–H and O–H groups in total. The van der Waals surface area contributed by atoms with Gasteiger partial charge in [-0.1, -0.05) is 240 Å². The zero-order valence-corrected chi connectivity index (χ0v) is 39.0. The van der Waals surface area contributed by atoms with E-state index in [9.17, 15) is 14.4 Å².